The predicted molar refractivity (Wildman–Crippen MR) is 85.1 cm³/mol. The molecule has 0 unspecified atom stereocenters. The predicted octanol–water partition coefficient (Wildman–Crippen LogP) is 1.92. The summed E-state index contributed by atoms with van der Waals surface area (Å²) in [6, 6.07) is 3.88. The zero-order valence-corrected chi connectivity index (χ0v) is 13.0. The summed E-state index contributed by atoms with van der Waals surface area (Å²) in [5.41, 5.74) is 1.89. The van der Waals surface area contributed by atoms with E-state index in [0.717, 1.165) is 16.8 Å². The zero-order chi connectivity index (χ0) is 15.3. The Labute approximate surface area is 129 Å². The van der Waals surface area contributed by atoms with Gasteiger partial charge < -0.3 is 4.57 Å². The Morgan fingerprint density at radius 3 is 2.86 bits per heavy atom. The molecule has 0 saturated heterocycles. The summed E-state index contributed by atoms with van der Waals surface area (Å²) in [6.07, 6.45) is 2.56. The van der Waals surface area contributed by atoms with Gasteiger partial charge in [0.05, 0.1) is 11.2 Å². The molecule has 7 nitrogen and oxygen atoms in total. The van der Waals surface area contributed by atoms with E-state index < -0.39 is 0 Å². The molecule has 0 aliphatic heterocycles. The van der Waals surface area contributed by atoms with Crippen molar-refractivity contribution in [1.29, 1.82) is 0 Å². The van der Waals surface area contributed by atoms with Crippen molar-refractivity contribution in [2.24, 2.45) is 7.05 Å². The monoisotopic (exact) mass is 314 g/mol. The van der Waals surface area contributed by atoms with Crippen LogP contribution in [0.5, 0.6) is 0 Å². The number of rotatable bonds is 3. The minimum absolute atomic E-state index is 0.142. The molecular formula is C14H14N6OS. The molecular weight excluding hydrogens is 300 g/mol. The average molecular weight is 314 g/mol. The Bertz CT molecular complexity index is 1020. The number of hydrogen-bond acceptors (Lipinski definition) is 5. The molecule has 0 saturated carbocycles. The van der Waals surface area contributed by atoms with Crippen molar-refractivity contribution in [2.75, 3.05) is 0 Å². The van der Waals surface area contributed by atoms with E-state index in [-0.39, 0.29) is 5.69 Å². The van der Waals surface area contributed by atoms with Crippen molar-refractivity contribution >= 4 is 28.1 Å². The van der Waals surface area contributed by atoms with Crippen LogP contribution in [0.3, 0.4) is 0 Å². The van der Waals surface area contributed by atoms with Gasteiger partial charge in [-0.3, -0.25) is 4.57 Å². The topological polar surface area (TPSA) is 70.0 Å². The second-order valence-corrected chi connectivity index (χ2v) is 6.07. The molecule has 0 spiro atoms. The van der Waals surface area contributed by atoms with E-state index in [2.05, 4.69) is 15.2 Å². The first kappa shape index (κ1) is 13.2. The van der Waals surface area contributed by atoms with Gasteiger partial charge >= 0.3 is 5.69 Å². The summed E-state index contributed by atoms with van der Waals surface area (Å²) in [4.78, 5) is 18.2. The molecule has 4 aromatic rings. The van der Waals surface area contributed by atoms with E-state index in [1.807, 2.05) is 36.1 Å². The van der Waals surface area contributed by atoms with Crippen LogP contribution >= 0.6 is 11.3 Å². The van der Waals surface area contributed by atoms with Crippen LogP contribution in [0.4, 0.5) is 0 Å². The average Bonchev–Trinajstić information content (AvgIpc) is 3.21. The molecule has 4 aromatic heterocycles. The fourth-order valence-electron chi connectivity index (χ4n) is 2.69. The summed E-state index contributed by atoms with van der Waals surface area (Å²) in [5.74, 6) is 0.586. The third kappa shape index (κ3) is 1.67. The van der Waals surface area contributed by atoms with Gasteiger partial charge in [-0.25, -0.2) is 14.2 Å². The molecule has 0 aliphatic rings. The van der Waals surface area contributed by atoms with Crippen LogP contribution in [0.2, 0.25) is 0 Å². The molecule has 0 bridgehead atoms. The van der Waals surface area contributed by atoms with E-state index in [9.17, 15) is 4.79 Å². The zero-order valence-electron chi connectivity index (χ0n) is 12.2. The van der Waals surface area contributed by atoms with Gasteiger partial charge in [-0.2, -0.15) is 0 Å². The normalized spacial score (nSPS) is 11.7. The first-order chi connectivity index (χ1) is 10.7. The lowest BCUT2D eigenvalue weighted by Crippen LogP contribution is -2.27. The molecule has 8 heteroatoms. The maximum atomic E-state index is 12.9. The number of aromatic nitrogens is 6. The Morgan fingerprint density at radius 2 is 2.14 bits per heavy atom. The third-order valence-electron chi connectivity index (χ3n) is 3.66. The number of aryl methyl sites for hydroxylation is 2. The highest BCUT2D eigenvalue weighted by atomic mass is 32.1. The Hall–Kier alpha value is -2.48. The number of imidazole rings is 1. The van der Waals surface area contributed by atoms with Crippen molar-refractivity contribution in [2.45, 2.75) is 19.9 Å². The highest BCUT2D eigenvalue weighted by Gasteiger charge is 2.20. The standard InChI is InChI=1S/C14H14N6OS/c1-3-6-19-12-10(18(2)8-15-12)13-17-16-11(20(13)14(19)21)9-5-4-7-22-9/h4-5,7-8H,3,6H2,1-2H3. The Morgan fingerprint density at radius 1 is 1.27 bits per heavy atom. The maximum Gasteiger partial charge on any atom is 0.337 e. The van der Waals surface area contributed by atoms with Crippen molar-refractivity contribution in [3.8, 4) is 10.7 Å². The lowest BCUT2D eigenvalue weighted by Gasteiger charge is -2.07. The molecule has 0 amide bonds. The fourth-order valence-corrected chi connectivity index (χ4v) is 3.39. The molecule has 4 rings (SSSR count). The third-order valence-corrected chi connectivity index (χ3v) is 4.53. The lowest BCUT2D eigenvalue weighted by molar-refractivity contribution is 0.648. The number of thiophene rings is 1. The summed E-state index contributed by atoms with van der Waals surface area (Å²) >= 11 is 1.54. The second-order valence-electron chi connectivity index (χ2n) is 5.12. The van der Waals surface area contributed by atoms with Gasteiger partial charge in [-0.1, -0.05) is 13.0 Å². The van der Waals surface area contributed by atoms with Crippen LogP contribution < -0.4 is 5.69 Å². The largest absolute Gasteiger partial charge is 0.337 e. The minimum atomic E-state index is -0.142. The SMILES string of the molecule is CCCn1c(=O)n2c(-c3cccs3)nnc2c2c1ncn2C. The fraction of sp³-hybridized carbons (Fsp3) is 0.286. The van der Waals surface area contributed by atoms with Crippen LogP contribution in [0, 0.1) is 0 Å². The van der Waals surface area contributed by atoms with Gasteiger partial charge in [0.1, 0.15) is 5.52 Å². The van der Waals surface area contributed by atoms with Gasteiger partial charge in [0, 0.05) is 13.6 Å². The molecule has 0 radical (unpaired) electrons. The Balaban J connectivity index is 2.20. The first-order valence-corrected chi connectivity index (χ1v) is 7.93. The van der Waals surface area contributed by atoms with E-state index in [1.54, 1.807) is 26.6 Å². The molecule has 0 fully saturated rings. The van der Waals surface area contributed by atoms with Crippen LogP contribution in [-0.4, -0.2) is 28.7 Å². The van der Waals surface area contributed by atoms with E-state index in [0.29, 0.717) is 23.7 Å². The van der Waals surface area contributed by atoms with Crippen LogP contribution in [0.15, 0.2) is 28.6 Å². The number of fused-ring (bicyclic) bond motifs is 3. The first-order valence-electron chi connectivity index (χ1n) is 7.05. The minimum Gasteiger partial charge on any atom is -0.329 e. The van der Waals surface area contributed by atoms with Crippen LogP contribution in [0.25, 0.3) is 27.5 Å². The van der Waals surface area contributed by atoms with Crippen LogP contribution in [-0.2, 0) is 13.6 Å². The molecule has 0 atom stereocenters. The maximum absolute atomic E-state index is 12.9. The molecule has 4 heterocycles. The van der Waals surface area contributed by atoms with Crippen molar-refractivity contribution < 1.29 is 0 Å². The number of nitrogens with zero attached hydrogens (tertiary/aromatic N) is 6. The summed E-state index contributed by atoms with van der Waals surface area (Å²) in [7, 11) is 1.90. The van der Waals surface area contributed by atoms with Crippen LogP contribution in [0.1, 0.15) is 13.3 Å². The van der Waals surface area contributed by atoms with E-state index in [4.69, 9.17) is 0 Å². The number of hydrogen-bond donors (Lipinski definition) is 0. The molecule has 112 valence electrons. The summed E-state index contributed by atoms with van der Waals surface area (Å²) < 4.78 is 5.16. The van der Waals surface area contributed by atoms with E-state index >= 15 is 0 Å². The second kappa shape index (κ2) is 4.77. The van der Waals surface area contributed by atoms with E-state index in [1.165, 1.54) is 0 Å². The molecule has 0 aromatic carbocycles. The quantitative estimate of drug-likeness (QED) is 0.579. The summed E-state index contributed by atoms with van der Waals surface area (Å²) in [6.45, 7) is 2.65. The highest BCUT2D eigenvalue weighted by molar-refractivity contribution is 7.13. The van der Waals surface area contributed by atoms with Gasteiger partial charge in [-0.15, -0.1) is 21.5 Å². The highest BCUT2D eigenvalue weighted by Crippen LogP contribution is 2.24. The van der Waals surface area contributed by atoms with Gasteiger partial charge in [-0.05, 0) is 17.9 Å². The van der Waals surface area contributed by atoms with Gasteiger partial charge in [0.15, 0.2) is 17.1 Å². The van der Waals surface area contributed by atoms with Gasteiger partial charge in [0.25, 0.3) is 0 Å². The molecule has 22 heavy (non-hydrogen) atoms. The van der Waals surface area contributed by atoms with Crippen molar-refractivity contribution in [3.05, 3.63) is 34.3 Å². The van der Waals surface area contributed by atoms with Crippen molar-refractivity contribution in [1.82, 2.24) is 28.7 Å². The molecule has 0 N–H and O–H groups in total. The smallest absolute Gasteiger partial charge is 0.329 e. The lowest BCUT2D eigenvalue weighted by atomic mass is 10.4. The van der Waals surface area contributed by atoms with Gasteiger partial charge in [0.2, 0.25) is 0 Å². The summed E-state index contributed by atoms with van der Waals surface area (Å²) in [5, 5.41) is 10.4. The molecule has 0 aliphatic carbocycles. The Kier molecular flexibility index (Phi) is 2.86. The van der Waals surface area contributed by atoms with Crippen molar-refractivity contribution in [3.63, 3.8) is 0 Å².